The number of carbonyl (C=O) groups excluding carboxylic acids is 2. The quantitative estimate of drug-likeness (QED) is 0.919. The minimum absolute atomic E-state index is 0.0640. The number of ketones is 2. The monoisotopic (exact) mass is 288 g/mol. The Morgan fingerprint density at radius 1 is 1.20 bits per heavy atom. The Balaban J connectivity index is 1.95. The van der Waals surface area contributed by atoms with Crippen molar-refractivity contribution >= 4 is 28.9 Å². The number of hydrogen-bond donors (Lipinski definition) is 1. The van der Waals surface area contributed by atoms with Crippen molar-refractivity contribution in [2.24, 2.45) is 0 Å². The summed E-state index contributed by atoms with van der Waals surface area (Å²) in [5.41, 5.74) is 1.14. The fraction of sp³-hybridized carbons (Fsp3) is 0.0714. The second-order valence-corrected chi connectivity index (χ2v) is 4.78. The molecule has 0 aliphatic heterocycles. The minimum Gasteiger partial charge on any atom is -0.360 e. The Bertz CT molecular complexity index is 744. The van der Waals surface area contributed by atoms with Crippen LogP contribution >= 0.6 is 11.6 Å². The first-order valence-corrected chi connectivity index (χ1v) is 6.23. The molecule has 1 aliphatic carbocycles. The van der Waals surface area contributed by atoms with Gasteiger partial charge in [0.15, 0.2) is 5.69 Å². The number of aromatic nitrogens is 1. The van der Waals surface area contributed by atoms with Crippen LogP contribution in [0.15, 0.2) is 40.6 Å². The number of nitrogens with zero attached hydrogens (tertiary/aromatic N) is 1. The molecule has 20 heavy (non-hydrogen) atoms. The summed E-state index contributed by atoms with van der Waals surface area (Å²) in [7, 11) is 0. The predicted molar refractivity (Wildman–Crippen MR) is 73.1 cm³/mol. The molecular formula is C14H9ClN2O3. The zero-order valence-electron chi connectivity index (χ0n) is 10.4. The number of nitrogens with one attached hydrogen (secondary N) is 1. The van der Waals surface area contributed by atoms with E-state index in [-0.39, 0.29) is 28.5 Å². The fourth-order valence-corrected chi connectivity index (χ4v) is 2.11. The van der Waals surface area contributed by atoms with Gasteiger partial charge in [-0.15, -0.1) is 0 Å². The first-order valence-electron chi connectivity index (χ1n) is 5.86. The van der Waals surface area contributed by atoms with Gasteiger partial charge in [0.25, 0.3) is 0 Å². The number of fused-ring (bicyclic) bond motifs is 1. The lowest BCUT2D eigenvalue weighted by Crippen LogP contribution is -2.21. The number of allylic oxidation sites excluding steroid dienone is 2. The molecule has 0 fully saturated rings. The highest BCUT2D eigenvalue weighted by atomic mass is 35.5. The average Bonchev–Trinajstić information content (AvgIpc) is 2.81. The van der Waals surface area contributed by atoms with Gasteiger partial charge in [0, 0.05) is 16.8 Å². The third kappa shape index (κ3) is 2.02. The Labute approximate surface area is 119 Å². The standard InChI is InChI=1S/C14H9ClN2O3/c1-7-12-13(17-20-7)11(18)6-10(14(12)19)16-9-4-2-8(15)3-5-9/h2-6,16H,1H3. The number of anilines is 1. The zero-order valence-corrected chi connectivity index (χ0v) is 11.2. The van der Waals surface area contributed by atoms with E-state index < -0.39 is 0 Å². The van der Waals surface area contributed by atoms with Gasteiger partial charge in [-0.2, -0.15) is 0 Å². The Morgan fingerprint density at radius 2 is 1.90 bits per heavy atom. The van der Waals surface area contributed by atoms with Crippen LogP contribution in [0, 0.1) is 6.92 Å². The van der Waals surface area contributed by atoms with Gasteiger partial charge >= 0.3 is 0 Å². The summed E-state index contributed by atoms with van der Waals surface area (Å²) in [5, 5.41) is 7.10. The number of rotatable bonds is 2. The van der Waals surface area contributed by atoms with Crippen molar-refractivity contribution in [2.75, 3.05) is 5.32 Å². The van der Waals surface area contributed by atoms with E-state index in [9.17, 15) is 9.59 Å². The normalized spacial score (nSPS) is 14.0. The van der Waals surface area contributed by atoms with Gasteiger partial charge < -0.3 is 9.84 Å². The molecule has 1 aromatic heterocycles. The predicted octanol–water partition coefficient (Wildman–Crippen LogP) is 3.01. The highest BCUT2D eigenvalue weighted by Crippen LogP contribution is 2.25. The van der Waals surface area contributed by atoms with Gasteiger partial charge in [-0.1, -0.05) is 16.8 Å². The molecule has 0 radical (unpaired) electrons. The van der Waals surface area contributed by atoms with Gasteiger partial charge in [0.05, 0.1) is 11.3 Å². The van der Waals surface area contributed by atoms with Crippen LogP contribution in [-0.2, 0) is 0 Å². The van der Waals surface area contributed by atoms with Crippen LogP contribution in [-0.4, -0.2) is 16.7 Å². The number of hydrogen-bond acceptors (Lipinski definition) is 5. The number of halogens is 1. The molecule has 2 aromatic rings. The van der Waals surface area contributed by atoms with E-state index in [1.165, 1.54) is 6.08 Å². The van der Waals surface area contributed by atoms with Gasteiger partial charge in [-0.3, -0.25) is 9.59 Å². The fourth-order valence-electron chi connectivity index (χ4n) is 1.99. The summed E-state index contributed by atoms with van der Waals surface area (Å²) < 4.78 is 4.90. The lowest BCUT2D eigenvalue weighted by atomic mass is 9.97. The van der Waals surface area contributed by atoms with E-state index >= 15 is 0 Å². The Morgan fingerprint density at radius 3 is 2.60 bits per heavy atom. The maximum absolute atomic E-state index is 12.3. The molecule has 1 heterocycles. The Kier molecular flexibility index (Phi) is 2.91. The molecule has 0 amide bonds. The molecular weight excluding hydrogens is 280 g/mol. The highest BCUT2D eigenvalue weighted by molar-refractivity contribution is 6.30. The summed E-state index contributed by atoms with van der Waals surface area (Å²) in [4.78, 5) is 24.2. The van der Waals surface area contributed by atoms with E-state index in [0.717, 1.165) is 0 Å². The highest BCUT2D eigenvalue weighted by Gasteiger charge is 2.31. The summed E-state index contributed by atoms with van der Waals surface area (Å²) in [6.07, 6.45) is 1.22. The molecule has 1 aliphatic rings. The molecule has 0 saturated carbocycles. The van der Waals surface area contributed by atoms with Crippen molar-refractivity contribution in [2.45, 2.75) is 6.92 Å². The van der Waals surface area contributed by atoms with E-state index in [1.54, 1.807) is 31.2 Å². The molecule has 1 N–H and O–H groups in total. The molecule has 1 aromatic carbocycles. The van der Waals surface area contributed by atoms with Crippen molar-refractivity contribution in [1.29, 1.82) is 0 Å². The average molecular weight is 289 g/mol. The first kappa shape index (κ1) is 12.6. The lowest BCUT2D eigenvalue weighted by molar-refractivity contribution is 0.0982. The summed E-state index contributed by atoms with van der Waals surface area (Å²) in [6, 6.07) is 6.82. The number of benzene rings is 1. The third-order valence-electron chi connectivity index (χ3n) is 2.97. The van der Waals surface area contributed by atoms with Gasteiger partial charge in [-0.25, -0.2) is 0 Å². The van der Waals surface area contributed by atoms with Crippen molar-refractivity contribution < 1.29 is 14.1 Å². The summed E-state index contributed by atoms with van der Waals surface area (Å²) in [6.45, 7) is 1.60. The van der Waals surface area contributed by atoms with E-state index in [2.05, 4.69) is 10.5 Å². The number of carbonyl (C=O) groups is 2. The van der Waals surface area contributed by atoms with Crippen molar-refractivity contribution in [3.05, 3.63) is 58.1 Å². The van der Waals surface area contributed by atoms with Gasteiger partial charge in [0.2, 0.25) is 11.6 Å². The van der Waals surface area contributed by atoms with E-state index in [1.807, 2.05) is 0 Å². The second-order valence-electron chi connectivity index (χ2n) is 4.35. The van der Waals surface area contributed by atoms with Crippen LogP contribution in [0.1, 0.15) is 26.6 Å². The largest absolute Gasteiger partial charge is 0.360 e. The molecule has 0 spiro atoms. The van der Waals surface area contributed by atoms with Crippen LogP contribution in [0.3, 0.4) is 0 Å². The van der Waals surface area contributed by atoms with Crippen LogP contribution < -0.4 is 5.32 Å². The van der Waals surface area contributed by atoms with Gasteiger partial charge in [0.1, 0.15) is 5.76 Å². The maximum Gasteiger partial charge on any atom is 0.215 e. The SMILES string of the molecule is Cc1onc2c1C(=O)C(Nc1ccc(Cl)cc1)=CC2=O. The number of aryl methyl sites for hydroxylation is 1. The molecule has 0 unspecified atom stereocenters. The first-order chi connectivity index (χ1) is 9.56. The second kappa shape index (κ2) is 4.61. The molecule has 3 rings (SSSR count). The lowest BCUT2D eigenvalue weighted by Gasteiger charge is -2.13. The maximum atomic E-state index is 12.3. The van der Waals surface area contributed by atoms with Crippen LogP contribution in [0.2, 0.25) is 5.02 Å². The van der Waals surface area contributed by atoms with Gasteiger partial charge in [-0.05, 0) is 31.2 Å². The molecule has 5 nitrogen and oxygen atoms in total. The van der Waals surface area contributed by atoms with Crippen LogP contribution in [0.5, 0.6) is 0 Å². The molecule has 6 heteroatoms. The summed E-state index contributed by atoms with van der Waals surface area (Å²) >= 11 is 5.80. The molecule has 0 atom stereocenters. The van der Waals surface area contributed by atoms with Crippen molar-refractivity contribution in [3.63, 3.8) is 0 Å². The number of Topliss-reactive ketones (excluding diaryl/α,β-unsaturated/α-hetero) is 1. The van der Waals surface area contributed by atoms with E-state index in [0.29, 0.717) is 16.5 Å². The zero-order chi connectivity index (χ0) is 14.3. The minimum atomic E-state index is -0.354. The van der Waals surface area contributed by atoms with Crippen LogP contribution in [0.4, 0.5) is 5.69 Å². The van der Waals surface area contributed by atoms with Crippen LogP contribution in [0.25, 0.3) is 0 Å². The smallest absolute Gasteiger partial charge is 0.215 e. The molecule has 100 valence electrons. The van der Waals surface area contributed by atoms with Crippen molar-refractivity contribution in [3.8, 4) is 0 Å². The third-order valence-corrected chi connectivity index (χ3v) is 3.22. The molecule has 0 saturated heterocycles. The van der Waals surface area contributed by atoms with E-state index in [4.69, 9.17) is 16.1 Å². The topological polar surface area (TPSA) is 72.2 Å². The summed E-state index contributed by atoms with van der Waals surface area (Å²) in [5.74, 6) is -0.330. The Hall–Kier alpha value is -2.40. The molecule has 0 bridgehead atoms. The van der Waals surface area contributed by atoms with Crippen molar-refractivity contribution in [1.82, 2.24) is 5.16 Å².